The maximum absolute atomic E-state index is 15.8. The summed E-state index contributed by atoms with van der Waals surface area (Å²) in [5.74, 6) is -0.246. The number of benzene rings is 2. The van der Waals surface area contributed by atoms with Crippen molar-refractivity contribution in [2.45, 2.75) is 77.9 Å². The summed E-state index contributed by atoms with van der Waals surface area (Å²) in [6.07, 6.45) is 8.57. The average molecular weight is 778 g/mol. The Hall–Kier alpha value is -5.40. The zero-order chi connectivity index (χ0) is 40.2. The highest BCUT2D eigenvalue weighted by molar-refractivity contribution is 6.03. The van der Waals surface area contributed by atoms with Crippen molar-refractivity contribution in [1.82, 2.24) is 30.1 Å². The van der Waals surface area contributed by atoms with Gasteiger partial charge in [0.1, 0.15) is 17.3 Å². The van der Waals surface area contributed by atoms with Crippen LogP contribution in [-0.2, 0) is 36.1 Å². The number of rotatable bonds is 13. The van der Waals surface area contributed by atoms with E-state index in [1.165, 1.54) is 6.08 Å². The molecule has 13 heteroatoms. The van der Waals surface area contributed by atoms with Gasteiger partial charge < -0.3 is 30.4 Å². The molecule has 7 rings (SSSR count). The topological polar surface area (TPSA) is 151 Å². The number of aromatic nitrogens is 3. The number of hydrogen-bond donors (Lipinski definition) is 4. The minimum absolute atomic E-state index is 0.0701. The first-order chi connectivity index (χ1) is 27.5. The molecule has 2 aromatic carbocycles. The number of pyridine rings is 1. The van der Waals surface area contributed by atoms with E-state index in [9.17, 15) is 19.5 Å². The lowest BCUT2D eigenvalue weighted by atomic mass is 9.81. The monoisotopic (exact) mass is 777 g/mol. The van der Waals surface area contributed by atoms with Gasteiger partial charge in [0.25, 0.3) is 5.91 Å². The fraction of sp³-hybridized carbons (Fsp3) is 0.432. The molecule has 3 aliphatic rings. The summed E-state index contributed by atoms with van der Waals surface area (Å²) in [5, 5.41) is 18.7. The summed E-state index contributed by atoms with van der Waals surface area (Å²) < 4.78 is 23.3. The van der Waals surface area contributed by atoms with E-state index < -0.39 is 11.8 Å². The van der Waals surface area contributed by atoms with Gasteiger partial charge in [-0.1, -0.05) is 30.3 Å². The van der Waals surface area contributed by atoms with Gasteiger partial charge in [0.15, 0.2) is 5.82 Å². The smallest absolute Gasteiger partial charge is 0.306 e. The zero-order valence-corrected chi connectivity index (χ0v) is 33.2. The average Bonchev–Trinajstić information content (AvgIpc) is 3.78. The van der Waals surface area contributed by atoms with Gasteiger partial charge in [-0.25, -0.2) is 9.37 Å². The number of nitrogens with one attached hydrogen (secondary N) is 3. The molecule has 0 unspecified atom stereocenters. The van der Waals surface area contributed by atoms with Crippen LogP contribution < -0.4 is 20.7 Å². The molecule has 1 atom stereocenters. The van der Waals surface area contributed by atoms with Crippen LogP contribution in [0.3, 0.4) is 0 Å². The van der Waals surface area contributed by atoms with E-state index in [0.717, 1.165) is 90.8 Å². The molecule has 300 valence electrons. The molecule has 4 N–H and O–H groups in total. The van der Waals surface area contributed by atoms with Crippen molar-refractivity contribution in [3.63, 3.8) is 0 Å². The fourth-order valence-electron chi connectivity index (χ4n) is 8.58. The van der Waals surface area contributed by atoms with Gasteiger partial charge in [-0.3, -0.25) is 24.3 Å². The van der Waals surface area contributed by atoms with Crippen LogP contribution in [0, 0.1) is 25.7 Å². The van der Waals surface area contributed by atoms with E-state index in [1.807, 2.05) is 61.9 Å². The molecule has 1 saturated heterocycles. The molecular formula is C44H52FN7O5. The fourth-order valence-corrected chi connectivity index (χ4v) is 8.58. The van der Waals surface area contributed by atoms with E-state index >= 15 is 4.39 Å². The Morgan fingerprint density at radius 1 is 1.05 bits per heavy atom. The molecule has 57 heavy (non-hydrogen) atoms. The van der Waals surface area contributed by atoms with E-state index in [4.69, 9.17) is 9.72 Å². The first-order valence-corrected chi connectivity index (χ1v) is 19.9. The second-order valence-electron chi connectivity index (χ2n) is 15.7. The van der Waals surface area contributed by atoms with Crippen molar-refractivity contribution in [2.75, 3.05) is 32.1 Å². The Balaban J connectivity index is 1.02. The maximum Gasteiger partial charge on any atom is 0.306 e. The highest BCUT2D eigenvalue weighted by Crippen LogP contribution is 2.35. The predicted octanol–water partition coefficient (Wildman–Crippen LogP) is 6.44. The molecule has 4 aromatic rings. The Bertz CT molecular complexity index is 2190. The van der Waals surface area contributed by atoms with Gasteiger partial charge in [0, 0.05) is 87.9 Å². The number of imidazole rings is 1. The number of fused-ring (bicyclic) bond motifs is 1. The van der Waals surface area contributed by atoms with Gasteiger partial charge in [0.05, 0.1) is 18.7 Å². The minimum Gasteiger partial charge on any atom is -0.496 e. The molecule has 1 aliphatic carbocycles. The normalized spacial score (nSPS) is 19.9. The third-order valence-corrected chi connectivity index (χ3v) is 12.0. The van der Waals surface area contributed by atoms with Crippen molar-refractivity contribution in [3.8, 4) is 16.9 Å². The third kappa shape index (κ3) is 8.94. The van der Waals surface area contributed by atoms with Gasteiger partial charge in [0.2, 0.25) is 5.91 Å². The number of carboxylic acids is 1. The Labute approximate surface area is 332 Å². The van der Waals surface area contributed by atoms with Gasteiger partial charge in [-0.2, -0.15) is 0 Å². The number of carboxylic acid groups (broad SMARTS) is 1. The largest absolute Gasteiger partial charge is 0.496 e. The lowest BCUT2D eigenvalue weighted by Gasteiger charge is -2.33. The number of halogens is 1. The Kier molecular flexibility index (Phi) is 12.2. The SMILES string of the molecule is COc1cc(/C(F)=C/c2cccc(-c3cccc(NC(=O)c4nc5c(n4C)CCN(CC4CCC(C(=O)O)CC4)C5)c3C)c2C)ncc1CNC[C@@H]1CCC(=O)N1. The lowest BCUT2D eigenvalue weighted by molar-refractivity contribution is -0.143. The zero-order valence-electron chi connectivity index (χ0n) is 33.2. The van der Waals surface area contributed by atoms with Crippen LogP contribution >= 0.6 is 0 Å². The molecule has 0 bridgehead atoms. The molecule has 0 radical (unpaired) electrons. The molecule has 2 aromatic heterocycles. The number of anilines is 1. The molecule has 0 spiro atoms. The highest BCUT2D eigenvalue weighted by atomic mass is 19.1. The van der Waals surface area contributed by atoms with Crippen LogP contribution in [0.5, 0.6) is 5.75 Å². The van der Waals surface area contributed by atoms with Crippen LogP contribution in [0.25, 0.3) is 23.0 Å². The minimum atomic E-state index is -0.681. The summed E-state index contributed by atoms with van der Waals surface area (Å²) in [6, 6.07) is 13.2. The van der Waals surface area contributed by atoms with Crippen molar-refractivity contribution >= 4 is 35.4 Å². The summed E-state index contributed by atoms with van der Waals surface area (Å²) in [4.78, 5) is 48.2. The second kappa shape index (κ2) is 17.4. The van der Waals surface area contributed by atoms with Crippen molar-refractivity contribution in [2.24, 2.45) is 18.9 Å². The molecule has 1 saturated carbocycles. The van der Waals surface area contributed by atoms with E-state index in [-0.39, 0.29) is 29.5 Å². The molecular weight excluding hydrogens is 726 g/mol. The van der Waals surface area contributed by atoms with Crippen LogP contribution in [0.15, 0.2) is 48.7 Å². The number of aliphatic carboxylic acids is 1. The standard InChI is InChI=1S/C44H52FN7O5/c1-26-30(19-35(45)37-20-40(57-4)31(22-47-37)21-46-23-32-15-16-41(53)48-32)7-5-8-33(26)34-9-6-10-36(27(34)2)50-43(54)42-49-38-25-52(18-17-39(38)51(42)3)24-28-11-13-29(14-12-28)44(55)56/h5-10,19-20,22,28-29,32,46H,11-18,21,23-25H2,1-4H3,(H,48,53)(H,50,54)(H,55,56)/b35-19-/t28?,29?,32-/m0/s1. The lowest BCUT2D eigenvalue weighted by Crippen LogP contribution is -2.36. The van der Waals surface area contributed by atoms with E-state index in [2.05, 4.69) is 25.8 Å². The highest BCUT2D eigenvalue weighted by Gasteiger charge is 2.30. The van der Waals surface area contributed by atoms with Gasteiger partial charge in [-0.05, 0) is 91.8 Å². The molecule has 12 nitrogen and oxygen atoms in total. The Morgan fingerprint density at radius 3 is 2.53 bits per heavy atom. The van der Waals surface area contributed by atoms with Crippen LogP contribution in [0.4, 0.5) is 10.1 Å². The van der Waals surface area contributed by atoms with Gasteiger partial charge >= 0.3 is 5.97 Å². The molecule has 4 heterocycles. The number of ether oxygens (including phenoxy) is 1. The number of methoxy groups -OCH3 is 1. The maximum atomic E-state index is 15.8. The van der Waals surface area contributed by atoms with Crippen molar-refractivity contribution < 1.29 is 28.6 Å². The number of nitrogens with zero attached hydrogens (tertiary/aromatic N) is 4. The van der Waals surface area contributed by atoms with Gasteiger partial charge in [-0.15, -0.1) is 0 Å². The second-order valence-corrected chi connectivity index (χ2v) is 15.7. The number of carbonyl (C=O) groups is 3. The van der Waals surface area contributed by atoms with Crippen molar-refractivity contribution in [1.29, 1.82) is 0 Å². The summed E-state index contributed by atoms with van der Waals surface area (Å²) in [6.45, 7) is 7.49. The first kappa shape index (κ1) is 39.8. The Morgan fingerprint density at radius 2 is 1.81 bits per heavy atom. The number of hydrogen-bond acceptors (Lipinski definition) is 8. The molecule has 2 amide bonds. The number of carbonyl (C=O) groups excluding carboxylic acids is 2. The van der Waals surface area contributed by atoms with Crippen LogP contribution in [0.2, 0.25) is 0 Å². The first-order valence-electron chi connectivity index (χ1n) is 19.9. The van der Waals surface area contributed by atoms with Crippen LogP contribution in [-0.4, -0.2) is 75.1 Å². The number of amides is 2. The van der Waals surface area contributed by atoms with E-state index in [1.54, 1.807) is 19.4 Å². The molecule has 2 fully saturated rings. The molecule has 2 aliphatic heterocycles. The summed E-state index contributed by atoms with van der Waals surface area (Å²) in [7, 11) is 3.44. The predicted molar refractivity (Wildman–Crippen MR) is 217 cm³/mol. The van der Waals surface area contributed by atoms with E-state index in [0.29, 0.717) is 54.8 Å². The van der Waals surface area contributed by atoms with Crippen LogP contribution in [0.1, 0.15) is 88.5 Å². The summed E-state index contributed by atoms with van der Waals surface area (Å²) in [5.41, 5.74) is 7.89. The quantitative estimate of drug-likeness (QED) is 0.120. The summed E-state index contributed by atoms with van der Waals surface area (Å²) >= 11 is 0. The van der Waals surface area contributed by atoms with Crippen molar-refractivity contribution in [3.05, 3.63) is 93.8 Å². The third-order valence-electron chi connectivity index (χ3n) is 12.0.